The number of rotatable bonds is 5. The molecule has 0 amide bonds. The highest BCUT2D eigenvalue weighted by Gasteiger charge is 2.40. The molecule has 1 saturated heterocycles. The largest absolute Gasteiger partial charge is 0.340 e. The van der Waals surface area contributed by atoms with Crippen LogP contribution in [0.5, 0.6) is 0 Å². The van der Waals surface area contributed by atoms with Gasteiger partial charge in [0.05, 0.1) is 23.1 Å². The van der Waals surface area contributed by atoms with E-state index in [2.05, 4.69) is 23.2 Å². The Hall–Kier alpha value is -1.95. The minimum Gasteiger partial charge on any atom is -0.340 e. The minimum absolute atomic E-state index is 0.541. The molecular formula is C24H19Cl2NO2S. The number of aromatic nitrogens is 1. The van der Waals surface area contributed by atoms with E-state index in [9.17, 15) is 0 Å². The van der Waals surface area contributed by atoms with E-state index < -0.39 is 5.79 Å². The summed E-state index contributed by atoms with van der Waals surface area (Å²) in [6, 6.07) is 20.0. The summed E-state index contributed by atoms with van der Waals surface area (Å²) < 4.78 is 13.2. The number of hydrogen-bond acceptors (Lipinski definition) is 4. The van der Waals surface area contributed by atoms with Crippen LogP contribution >= 0.6 is 34.5 Å². The second-order valence-electron chi connectivity index (χ2n) is 7.23. The van der Waals surface area contributed by atoms with E-state index in [1.54, 1.807) is 11.3 Å². The Balaban J connectivity index is 1.55. The zero-order valence-electron chi connectivity index (χ0n) is 16.1. The zero-order chi connectivity index (χ0) is 20.6. The van der Waals surface area contributed by atoms with Gasteiger partial charge in [0.15, 0.2) is 0 Å². The molecule has 0 bridgehead atoms. The summed E-state index contributed by atoms with van der Waals surface area (Å²) in [6.07, 6.45) is 3.72. The lowest BCUT2D eigenvalue weighted by Gasteiger charge is -2.29. The van der Waals surface area contributed by atoms with Gasteiger partial charge in [0.1, 0.15) is 0 Å². The molecule has 1 fully saturated rings. The normalized spacial score (nSPS) is 15.7. The molecule has 3 heterocycles. The molecule has 5 rings (SSSR count). The molecule has 0 atom stereocenters. The van der Waals surface area contributed by atoms with Crippen molar-refractivity contribution in [3.63, 3.8) is 0 Å². The number of ether oxygens (including phenoxy) is 2. The number of aryl methyl sites for hydroxylation is 2. The summed E-state index contributed by atoms with van der Waals surface area (Å²) in [4.78, 5) is 5.84. The third-order valence-corrected chi connectivity index (χ3v) is 6.94. The summed E-state index contributed by atoms with van der Waals surface area (Å²) in [5.41, 5.74) is 4.10. The van der Waals surface area contributed by atoms with Crippen molar-refractivity contribution in [3.05, 3.63) is 97.8 Å². The second kappa shape index (κ2) is 8.29. The van der Waals surface area contributed by atoms with Crippen LogP contribution in [-0.4, -0.2) is 18.2 Å². The molecule has 1 aliphatic heterocycles. The first-order valence-electron chi connectivity index (χ1n) is 9.80. The van der Waals surface area contributed by atoms with Crippen LogP contribution in [0.3, 0.4) is 0 Å². The fourth-order valence-electron chi connectivity index (χ4n) is 3.95. The Morgan fingerprint density at radius 2 is 1.63 bits per heavy atom. The van der Waals surface area contributed by atoms with Crippen LogP contribution < -0.4 is 0 Å². The number of benzene rings is 2. The lowest BCUT2D eigenvalue weighted by Crippen LogP contribution is -2.28. The van der Waals surface area contributed by atoms with Gasteiger partial charge < -0.3 is 9.47 Å². The average Bonchev–Trinajstić information content (AvgIpc) is 3.42. The maximum absolute atomic E-state index is 6.17. The highest BCUT2D eigenvalue weighted by atomic mass is 35.5. The highest BCUT2D eigenvalue weighted by Crippen LogP contribution is 2.40. The molecular weight excluding hydrogens is 437 g/mol. The average molecular weight is 456 g/mol. The van der Waals surface area contributed by atoms with Crippen molar-refractivity contribution in [2.75, 3.05) is 13.2 Å². The van der Waals surface area contributed by atoms with Crippen molar-refractivity contribution in [2.24, 2.45) is 0 Å². The zero-order valence-corrected chi connectivity index (χ0v) is 18.4. The Morgan fingerprint density at radius 3 is 2.37 bits per heavy atom. The number of thiophene rings is 1. The first-order chi connectivity index (χ1) is 14.6. The summed E-state index contributed by atoms with van der Waals surface area (Å²) in [6.45, 7) is 1.08. The third-order valence-electron chi connectivity index (χ3n) is 5.40. The molecule has 4 aromatic rings. The van der Waals surface area contributed by atoms with Crippen LogP contribution in [-0.2, 0) is 28.1 Å². The van der Waals surface area contributed by atoms with E-state index in [1.807, 2.05) is 48.7 Å². The number of pyridine rings is 1. The number of fused-ring (bicyclic) bond motifs is 1. The monoisotopic (exact) mass is 455 g/mol. The molecule has 30 heavy (non-hydrogen) atoms. The van der Waals surface area contributed by atoms with Crippen LogP contribution in [0.4, 0.5) is 0 Å². The van der Waals surface area contributed by atoms with Gasteiger partial charge in [-0.2, -0.15) is 0 Å². The summed E-state index contributed by atoms with van der Waals surface area (Å²) in [7, 11) is 0. The first kappa shape index (κ1) is 20.0. The van der Waals surface area contributed by atoms with Crippen LogP contribution in [0.15, 0.2) is 66.9 Å². The van der Waals surface area contributed by atoms with Crippen LogP contribution in [0.25, 0.3) is 10.9 Å². The quantitative estimate of drug-likeness (QED) is 0.338. The van der Waals surface area contributed by atoms with E-state index >= 15 is 0 Å². The topological polar surface area (TPSA) is 31.4 Å². The summed E-state index contributed by atoms with van der Waals surface area (Å²) >= 11 is 13.8. The van der Waals surface area contributed by atoms with Gasteiger partial charge in [-0.25, -0.2) is 0 Å². The molecule has 3 nitrogen and oxygen atoms in total. The standard InChI is InChI=1S/C24H19Cl2NO2S/c25-19-5-2-17(3-6-19)24(28-13-14-29-24)18-4-9-22-21(15-18)16(11-12-27-22)1-7-20-8-10-23(26)30-20/h2-6,8-12,15H,1,7,13-14H2. The van der Waals surface area contributed by atoms with Gasteiger partial charge in [-0.05, 0) is 60.9 Å². The fourth-order valence-corrected chi connectivity index (χ4v) is 5.16. The number of halogens is 2. The lowest BCUT2D eigenvalue weighted by molar-refractivity contribution is -0.129. The van der Waals surface area contributed by atoms with Crippen molar-refractivity contribution in [1.29, 1.82) is 0 Å². The van der Waals surface area contributed by atoms with Crippen molar-refractivity contribution >= 4 is 45.4 Å². The summed E-state index contributed by atoms with van der Waals surface area (Å²) in [5, 5.41) is 1.80. The maximum atomic E-state index is 6.17. The Bertz CT molecular complexity index is 1180. The molecule has 1 aliphatic rings. The van der Waals surface area contributed by atoms with E-state index in [-0.39, 0.29) is 0 Å². The Labute approximate surface area is 189 Å². The smallest absolute Gasteiger partial charge is 0.222 e. The SMILES string of the molecule is Clc1ccc(C2(c3ccc4nccc(CCc5ccc(Cl)s5)c4c3)OCCO2)cc1. The van der Waals surface area contributed by atoms with Gasteiger partial charge in [0, 0.05) is 32.6 Å². The molecule has 2 aromatic carbocycles. The van der Waals surface area contributed by atoms with Crippen molar-refractivity contribution in [3.8, 4) is 0 Å². The van der Waals surface area contributed by atoms with Crippen molar-refractivity contribution in [1.82, 2.24) is 4.98 Å². The van der Waals surface area contributed by atoms with Crippen LogP contribution in [0.2, 0.25) is 9.36 Å². The number of hydrogen-bond donors (Lipinski definition) is 0. The Morgan fingerprint density at radius 1 is 0.867 bits per heavy atom. The predicted molar refractivity (Wildman–Crippen MR) is 123 cm³/mol. The van der Waals surface area contributed by atoms with Gasteiger partial charge in [0.2, 0.25) is 5.79 Å². The molecule has 0 aliphatic carbocycles. The van der Waals surface area contributed by atoms with Gasteiger partial charge in [-0.15, -0.1) is 11.3 Å². The van der Waals surface area contributed by atoms with Gasteiger partial charge in [0.25, 0.3) is 0 Å². The maximum Gasteiger partial charge on any atom is 0.222 e. The number of nitrogens with zero attached hydrogens (tertiary/aromatic N) is 1. The van der Waals surface area contributed by atoms with Crippen molar-refractivity contribution in [2.45, 2.75) is 18.6 Å². The summed E-state index contributed by atoms with van der Waals surface area (Å²) in [5.74, 6) is -0.923. The van der Waals surface area contributed by atoms with Gasteiger partial charge in [-0.3, -0.25) is 4.98 Å². The molecule has 0 radical (unpaired) electrons. The molecule has 0 unspecified atom stereocenters. The molecule has 152 valence electrons. The lowest BCUT2D eigenvalue weighted by atomic mass is 9.94. The van der Waals surface area contributed by atoms with Gasteiger partial charge >= 0.3 is 0 Å². The van der Waals surface area contributed by atoms with E-state index in [1.165, 1.54) is 10.4 Å². The van der Waals surface area contributed by atoms with E-state index in [0.717, 1.165) is 39.2 Å². The second-order valence-corrected chi connectivity index (χ2v) is 9.46. The molecule has 0 spiro atoms. The third kappa shape index (κ3) is 3.75. The van der Waals surface area contributed by atoms with Crippen LogP contribution in [0.1, 0.15) is 21.6 Å². The molecule has 2 aromatic heterocycles. The molecule has 0 saturated carbocycles. The van der Waals surface area contributed by atoms with E-state index in [0.29, 0.717) is 18.2 Å². The predicted octanol–water partition coefficient (Wildman–Crippen LogP) is 6.64. The first-order valence-corrected chi connectivity index (χ1v) is 11.4. The van der Waals surface area contributed by atoms with Gasteiger partial charge in [-0.1, -0.05) is 41.4 Å². The minimum atomic E-state index is -0.923. The Kier molecular flexibility index (Phi) is 5.52. The molecule has 0 N–H and O–H groups in total. The van der Waals surface area contributed by atoms with E-state index in [4.69, 9.17) is 32.7 Å². The fraction of sp³-hybridized carbons (Fsp3) is 0.208. The molecule has 6 heteroatoms. The van der Waals surface area contributed by atoms with Crippen LogP contribution in [0, 0.1) is 0 Å². The van der Waals surface area contributed by atoms with Crippen molar-refractivity contribution < 1.29 is 9.47 Å². The highest BCUT2D eigenvalue weighted by molar-refractivity contribution is 7.16.